The van der Waals surface area contributed by atoms with Crippen LogP contribution in [0.15, 0.2) is 36.5 Å². The number of piperazine rings is 1. The van der Waals surface area contributed by atoms with E-state index in [1.165, 1.54) is 18.4 Å². The molecule has 0 unspecified atom stereocenters. The van der Waals surface area contributed by atoms with Gasteiger partial charge in [-0.3, -0.25) is 9.69 Å². The Bertz CT molecular complexity index is 1360. The Morgan fingerprint density at radius 3 is 2.37 bits per heavy atom. The Hall–Kier alpha value is -3.66. The van der Waals surface area contributed by atoms with Crippen LogP contribution in [0.25, 0.3) is 11.0 Å². The van der Waals surface area contributed by atoms with Gasteiger partial charge in [-0.25, -0.2) is 9.78 Å². The van der Waals surface area contributed by atoms with Gasteiger partial charge in [0.05, 0.1) is 0 Å². The van der Waals surface area contributed by atoms with Crippen molar-refractivity contribution >= 4 is 34.7 Å². The maximum absolute atomic E-state index is 13.0. The first-order valence-electron chi connectivity index (χ1n) is 14.7. The first-order chi connectivity index (χ1) is 19.6. The minimum Gasteiger partial charge on any atom is -0.444 e. The minimum atomic E-state index is -0.467. The molecule has 5 rings (SSSR count). The second-order valence-electron chi connectivity index (χ2n) is 12.4. The van der Waals surface area contributed by atoms with Crippen LogP contribution in [0, 0.1) is 0 Å². The van der Waals surface area contributed by atoms with Gasteiger partial charge in [0.25, 0.3) is 5.91 Å². The Kier molecular flexibility index (Phi) is 8.49. The SMILES string of the molecule is CN(C)C(=O)c1cc2cnc(Nc3ccc(CCN4CCN(C(=O)OC(C)(C)C)CC4)cc3)nc2n1C1CCCC1. The van der Waals surface area contributed by atoms with Gasteiger partial charge < -0.3 is 24.4 Å². The second kappa shape index (κ2) is 12.1. The van der Waals surface area contributed by atoms with Crippen LogP contribution in [0.3, 0.4) is 0 Å². The highest BCUT2D eigenvalue weighted by molar-refractivity contribution is 5.97. The number of carbonyl (C=O) groups excluding carboxylic acids is 2. The van der Waals surface area contributed by atoms with E-state index in [1.54, 1.807) is 30.1 Å². The van der Waals surface area contributed by atoms with Gasteiger partial charge in [-0.2, -0.15) is 4.98 Å². The van der Waals surface area contributed by atoms with Crippen LogP contribution < -0.4 is 5.32 Å². The normalized spacial score (nSPS) is 16.8. The number of fused-ring (bicyclic) bond motifs is 1. The fourth-order valence-corrected chi connectivity index (χ4v) is 5.65. The summed E-state index contributed by atoms with van der Waals surface area (Å²) in [6.45, 7) is 9.72. The molecular weight excluding hydrogens is 518 g/mol. The second-order valence-corrected chi connectivity index (χ2v) is 12.4. The third-order valence-corrected chi connectivity index (χ3v) is 7.84. The molecule has 2 fully saturated rings. The molecular formula is C31H43N7O3. The van der Waals surface area contributed by atoms with E-state index >= 15 is 0 Å². The van der Waals surface area contributed by atoms with Gasteiger partial charge in [-0.05, 0) is 63.8 Å². The van der Waals surface area contributed by atoms with Gasteiger partial charge in [0.15, 0.2) is 0 Å². The first kappa shape index (κ1) is 28.9. The molecule has 41 heavy (non-hydrogen) atoms. The van der Waals surface area contributed by atoms with Gasteiger partial charge in [-0.1, -0.05) is 25.0 Å². The molecule has 2 amide bonds. The molecule has 3 heterocycles. The van der Waals surface area contributed by atoms with E-state index in [9.17, 15) is 9.59 Å². The van der Waals surface area contributed by atoms with Crippen molar-refractivity contribution in [1.82, 2.24) is 29.2 Å². The molecule has 10 nitrogen and oxygen atoms in total. The number of ether oxygens (including phenoxy) is 1. The standard InChI is InChI=1S/C31H43N7O3/c1-31(2,3)41-30(40)37-18-16-36(17-19-37)15-14-22-10-12-24(13-11-22)33-29-32-21-23-20-26(28(39)35(4)5)38(27(23)34-29)25-8-6-7-9-25/h10-13,20-21,25H,6-9,14-19H2,1-5H3,(H,32,33,34). The summed E-state index contributed by atoms with van der Waals surface area (Å²) >= 11 is 0. The van der Waals surface area contributed by atoms with Crippen molar-refractivity contribution < 1.29 is 14.3 Å². The van der Waals surface area contributed by atoms with Crippen LogP contribution in [-0.4, -0.2) is 93.7 Å². The van der Waals surface area contributed by atoms with E-state index in [-0.39, 0.29) is 18.0 Å². The van der Waals surface area contributed by atoms with Crippen LogP contribution in [-0.2, 0) is 11.2 Å². The molecule has 2 aliphatic rings. The Morgan fingerprint density at radius 1 is 1.05 bits per heavy atom. The summed E-state index contributed by atoms with van der Waals surface area (Å²) in [5.74, 6) is 0.513. The van der Waals surface area contributed by atoms with E-state index < -0.39 is 5.60 Å². The molecule has 1 aromatic carbocycles. The summed E-state index contributed by atoms with van der Waals surface area (Å²) in [6, 6.07) is 10.6. The van der Waals surface area contributed by atoms with Crippen molar-refractivity contribution in [2.24, 2.45) is 0 Å². The number of rotatable bonds is 7. The summed E-state index contributed by atoms with van der Waals surface area (Å²) in [7, 11) is 3.57. The van der Waals surface area contributed by atoms with Gasteiger partial charge >= 0.3 is 6.09 Å². The number of nitrogens with one attached hydrogen (secondary N) is 1. The summed E-state index contributed by atoms with van der Waals surface area (Å²) in [5, 5.41) is 4.23. The fourth-order valence-electron chi connectivity index (χ4n) is 5.65. The average Bonchev–Trinajstić information content (AvgIpc) is 3.59. The number of amides is 2. The summed E-state index contributed by atoms with van der Waals surface area (Å²) in [4.78, 5) is 40.5. The number of hydrogen-bond acceptors (Lipinski definition) is 7. The van der Waals surface area contributed by atoms with E-state index in [1.807, 2.05) is 26.8 Å². The molecule has 0 spiro atoms. The largest absolute Gasteiger partial charge is 0.444 e. The molecule has 0 bridgehead atoms. The third-order valence-electron chi connectivity index (χ3n) is 7.84. The van der Waals surface area contributed by atoms with E-state index in [0.717, 1.165) is 55.6 Å². The smallest absolute Gasteiger partial charge is 0.410 e. The van der Waals surface area contributed by atoms with Gasteiger partial charge in [0.2, 0.25) is 5.95 Å². The van der Waals surface area contributed by atoms with Crippen molar-refractivity contribution in [3.63, 3.8) is 0 Å². The summed E-state index contributed by atoms with van der Waals surface area (Å²) < 4.78 is 7.63. The molecule has 3 aromatic rings. The molecule has 0 atom stereocenters. The van der Waals surface area contributed by atoms with Gasteiger partial charge in [0.1, 0.15) is 16.9 Å². The predicted molar refractivity (Wildman–Crippen MR) is 161 cm³/mol. The number of benzene rings is 1. The fraction of sp³-hybridized carbons (Fsp3) is 0.548. The zero-order valence-electron chi connectivity index (χ0n) is 25.0. The van der Waals surface area contributed by atoms with Crippen LogP contribution in [0.4, 0.5) is 16.4 Å². The maximum atomic E-state index is 13.0. The number of hydrogen-bond donors (Lipinski definition) is 1. The van der Waals surface area contributed by atoms with Crippen molar-refractivity contribution in [1.29, 1.82) is 0 Å². The Morgan fingerprint density at radius 2 is 1.73 bits per heavy atom. The van der Waals surface area contributed by atoms with Crippen molar-refractivity contribution in [3.05, 3.63) is 47.8 Å². The molecule has 10 heteroatoms. The van der Waals surface area contributed by atoms with E-state index in [4.69, 9.17) is 9.72 Å². The summed E-state index contributed by atoms with van der Waals surface area (Å²) in [5.41, 5.74) is 3.19. The molecule has 1 saturated carbocycles. The van der Waals surface area contributed by atoms with Crippen LogP contribution in [0.5, 0.6) is 0 Å². The number of aromatic nitrogens is 3. The molecule has 1 saturated heterocycles. The van der Waals surface area contributed by atoms with Crippen molar-refractivity contribution in [2.75, 3.05) is 52.1 Å². The van der Waals surface area contributed by atoms with Crippen LogP contribution in [0.2, 0.25) is 0 Å². The Balaban J connectivity index is 1.19. The third kappa shape index (κ3) is 6.98. The highest BCUT2D eigenvalue weighted by Gasteiger charge is 2.27. The minimum absolute atomic E-state index is 0.00933. The number of carbonyl (C=O) groups is 2. The van der Waals surface area contributed by atoms with Crippen molar-refractivity contribution in [2.45, 2.75) is 64.5 Å². The number of nitrogens with zero attached hydrogens (tertiary/aromatic N) is 6. The molecule has 1 aliphatic carbocycles. The van der Waals surface area contributed by atoms with Crippen LogP contribution >= 0.6 is 0 Å². The quantitative estimate of drug-likeness (QED) is 0.429. The monoisotopic (exact) mass is 561 g/mol. The number of anilines is 2. The highest BCUT2D eigenvalue weighted by atomic mass is 16.6. The Labute approximate surface area is 242 Å². The lowest BCUT2D eigenvalue weighted by Gasteiger charge is -2.35. The van der Waals surface area contributed by atoms with Gasteiger partial charge in [-0.15, -0.1) is 0 Å². The molecule has 2 aromatic heterocycles. The predicted octanol–water partition coefficient (Wildman–Crippen LogP) is 5.09. The lowest BCUT2D eigenvalue weighted by molar-refractivity contribution is 0.0146. The molecule has 1 aliphatic heterocycles. The average molecular weight is 562 g/mol. The lowest BCUT2D eigenvalue weighted by Crippen LogP contribution is -2.50. The zero-order chi connectivity index (χ0) is 29.1. The van der Waals surface area contributed by atoms with E-state index in [2.05, 4.69) is 44.0 Å². The summed E-state index contributed by atoms with van der Waals surface area (Å²) in [6.07, 6.45) is 6.98. The van der Waals surface area contributed by atoms with Gasteiger partial charge in [0, 0.05) is 70.1 Å². The van der Waals surface area contributed by atoms with E-state index in [0.29, 0.717) is 24.7 Å². The van der Waals surface area contributed by atoms with Crippen molar-refractivity contribution in [3.8, 4) is 0 Å². The molecule has 0 radical (unpaired) electrons. The molecule has 220 valence electrons. The van der Waals surface area contributed by atoms with Crippen LogP contribution in [0.1, 0.15) is 68.5 Å². The first-order valence-corrected chi connectivity index (χ1v) is 14.7. The molecule has 1 N–H and O–H groups in total. The topological polar surface area (TPSA) is 95.8 Å². The lowest BCUT2D eigenvalue weighted by atomic mass is 10.1. The highest BCUT2D eigenvalue weighted by Crippen LogP contribution is 2.35. The zero-order valence-corrected chi connectivity index (χ0v) is 25.0. The maximum Gasteiger partial charge on any atom is 0.410 e.